The lowest BCUT2D eigenvalue weighted by atomic mass is 10.2. The maximum Gasteiger partial charge on any atom is 0.220 e. The van der Waals surface area contributed by atoms with Gasteiger partial charge in [0.05, 0.1) is 11.0 Å². The molecule has 0 spiro atoms. The zero-order chi connectivity index (χ0) is 18.4. The first-order valence-electron chi connectivity index (χ1n) is 9.17. The fourth-order valence-corrected chi connectivity index (χ4v) is 3.07. The van der Waals surface area contributed by atoms with Crippen molar-refractivity contribution < 1.29 is 4.79 Å². The molecule has 0 fully saturated rings. The zero-order valence-electron chi connectivity index (χ0n) is 15.5. The molecular weight excluding hydrogens is 324 g/mol. The predicted molar refractivity (Wildman–Crippen MR) is 106 cm³/mol. The van der Waals surface area contributed by atoms with Crippen LogP contribution in [-0.2, 0) is 11.2 Å². The van der Waals surface area contributed by atoms with Gasteiger partial charge in [0.15, 0.2) is 0 Å². The van der Waals surface area contributed by atoms with E-state index >= 15 is 0 Å². The van der Waals surface area contributed by atoms with Gasteiger partial charge in [0.25, 0.3) is 0 Å². The Hall–Kier alpha value is -2.82. The van der Waals surface area contributed by atoms with Crippen molar-refractivity contribution in [3.63, 3.8) is 0 Å². The van der Waals surface area contributed by atoms with E-state index in [0.717, 1.165) is 29.9 Å². The van der Waals surface area contributed by atoms with Crippen LogP contribution in [0.15, 0.2) is 48.5 Å². The number of para-hydroxylation sites is 2. The van der Waals surface area contributed by atoms with Crippen molar-refractivity contribution in [1.29, 1.82) is 0 Å². The molecule has 1 amide bonds. The van der Waals surface area contributed by atoms with Crippen LogP contribution in [0.1, 0.15) is 24.7 Å². The molecule has 0 unspecified atom stereocenters. The van der Waals surface area contributed by atoms with Crippen molar-refractivity contribution in [3.8, 4) is 0 Å². The van der Waals surface area contributed by atoms with E-state index in [-0.39, 0.29) is 5.91 Å². The standard InChI is InChI=1S/C21H26N4O/c1-3-25(17-8-6-7-16(2)15-17)14-13-22-21(26)12-11-20-23-18-9-4-5-10-19(18)24-20/h4-10,15H,3,11-14H2,1-2H3,(H,22,26)(H,23,24). The number of imidazole rings is 1. The third kappa shape index (κ3) is 4.63. The Morgan fingerprint density at radius 2 is 2.04 bits per heavy atom. The number of nitrogens with zero attached hydrogens (tertiary/aromatic N) is 2. The number of hydrogen-bond acceptors (Lipinski definition) is 3. The maximum atomic E-state index is 12.1. The maximum absolute atomic E-state index is 12.1. The highest BCUT2D eigenvalue weighted by Gasteiger charge is 2.08. The van der Waals surface area contributed by atoms with Crippen molar-refractivity contribution in [2.45, 2.75) is 26.7 Å². The van der Waals surface area contributed by atoms with E-state index in [9.17, 15) is 4.79 Å². The van der Waals surface area contributed by atoms with E-state index in [1.165, 1.54) is 11.3 Å². The minimum absolute atomic E-state index is 0.0609. The summed E-state index contributed by atoms with van der Waals surface area (Å²) in [5, 5.41) is 3.01. The van der Waals surface area contributed by atoms with E-state index in [1.807, 2.05) is 24.3 Å². The summed E-state index contributed by atoms with van der Waals surface area (Å²) >= 11 is 0. The number of aromatic amines is 1. The first-order valence-corrected chi connectivity index (χ1v) is 9.17. The van der Waals surface area contributed by atoms with Gasteiger partial charge in [0.1, 0.15) is 5.82 Å². The van der Waals surface area contributed by atoms with Gasteiger partial charge in [0, 0.05) is 38.2 Å². The molecular formula is C21H26N4O. The Labute approximate surface area is 154 Å². The number of rotatable bonds is 8. The largest absolute Gasteiger partial charge is 0.370 e. The highest BCUT2D eigenvalue weighted by molar-refractivity contribution is 5.77. The number of aromatic nitrogens is 2. The zero-order valence-corrected chi connectivity index (χ0v) is 15.5. The Morgan fingerprint density at radius 3 is 2.81 bits per heavy atom. The van der Waals surface area contributed by atoms with Gasteiger partial charge in [-0.2, -0.15) is 0 Å². The van der Waals surface area contributed by atoms with Gasteiger partial charge in [-0.25, -0.2) is 4.98 Å². The van der Waals surface area contributed by atoms with E-state index in [0.29, 0.717) is 19.4 Å². The molecule has 0 bridgehead atoms. The van der Waals surface area contributed by atoms with Crippen molar-refractivity contribution in [2.24, 2.45) is 0 Å². The van der Waals surface area contributed by atoms with Crippen LogP contribution in [0.3, 0.4) is 0 Å². The minimum Gasteiger partial charge on any atom is -0.370 e. The number of anilines is 1. The summed E-state index contributed by atoms with van der Waals surface area (Å²) in [5.74, 6) is 0.919. The molecule has 5 nitrogen and oxygen atoms in total. The number of fused-ring (bicyclic) bond motifs is 1. The average molecular weight is 350 g/mol. The Bertz CT molecular complexity index is 838. The summed E-state index contributed by atoms with van der Waals surface area (Å²) in [6.07, 6.45) is 1.06. The first-order chi connectivity index (χ1) is 12.7. The molecule has 5 heteroatoms. The molecule has 0 aliphatic rings. The third-order valence-corrected chi connectivity index (χ3v) is 4.48. The molecule has 0 saturated heterocycles. The number of nitrogens with one attached hydrogen (secondary N) is 2. The van der Waals surface area contributed by atoms with Crippen LogP contribution in [0.2, 0.25) is 0 Å². The molecule has 2 aromatic carbocycles. The highest BCUT2D eigenvalue weighted by atomic mass is 16.1. The number of likely N-dealkylation sites (N-methyl/N-ethyl adjacent to an activating group) is 1. The lowest BCUT2D eigenvalue weighted by molar-refractivity contribution is -0.121. The van der Waals surface area contributed by atoms with Gasteiger partial charge in [-0.3, -0.25) is 4.79 Å². The summed E-state index contributed by atoms with van der Waals surface area (Å²) in [4.78, 5) is 22.2. The fourth-order valence-electron chi connectivity index (χ4n) is 3.07. The third-order valence-electron chi connectivity index (χ3n) is 4.48. The van der Waals surface area contributed by atoms with E-state index in [1.54, 1.807) is 0 Å². The Morgan fingerprint density at radius 1 is 1.19 bits per heavy atom. The molecule has 3 aromatic rings. The molecule has 1 heterocycles. The highest BCUT2D eigenvalue weighted by Crippen LogP contribution is 2.15. The van der Waals surface area contributed by atoms with Crippen molar-refractivity contribution >= 4 is 22.6 Å². The van der Waals surface area contributed by atoms with Crippen molar-refractivity contribution in [2.75, 3.05) is 24.5 Å². The number of benzene rings is 2. The second kappa shape index (κ2) is 8.52. The number of hydrogen-bond donors (Lipinski definition) is 2. The van der Waals surface area contributed by atoms with Crippen LogP contribution < -0.4 is 10.2 Å². The number of aryl methyl sites for hydroxylation is 2. The molecule has 0 aliphatic heterocycles. The van der Waals surface area contributed by atoms with Gasteiger partial charge in [-0.15, -0.1) is 0 Å². The molecule has 0 aliphatic carbocycles. The average Bonchev–Trinajstić information content (AvgIpc) is 3.06. The number of carbonyl (C=O) groups is 1. The fraction of sp³-hybridized carbons (Fsp3) is 0.333. The molecule has 2 N–H and O–H groups in total. The number of H-pyrrole nitrogens is 1. The second-order valence-corrected chi connectivity index (χ2v) is 6.47. The molecule has 0 radical (unpaired) electrons. The molecule has 136 valence electrons. The predicted octanol–water partition coefficient (Wildman–Crippen LogP) is 3.45. The smallest absolute Gasteiger partial charge is 0.220 e. The van der Waals surface area contributed by atoms with Gasteiger partial charge >= 0.3 is 0 Å². The van der Waals surface area contributed by atoms with Crippen LogP contribution in [0, 0.1) is 6.92 Å². The first kappa shape index (κ1) is 18.0. The van der Waals surface area contributed by atoms with Gasteiger partial charge in [0.2, 0.25) is 5.91 Å². The summed E-state index contributed by atoms with van der Waals surface area (Å²) in [5.41, 5.74) is 4.40. The Kier molecular flexibility index (Phi) is 5.89. The summed E-state index contributed by atoms with van der Waals surface area (Å²) < 4.78 is 0. The van der Waals surface area contributed by atoms with Crippen molar-refractivity contribution in [3.05, 3.63) is 59.9 Å². The van der Waals surface area contributed by atoms with Gasteiger partial charge < -0.3 is 15.2 Å². The molecule has 0 saturated carbocycles. The summed E-state index contributed by atoms with van der Waals surface area (Å²) in [6, 6.07) is 16.4. The van der Waals surface area contributed by atoms with Crippen LogP contribution in [-0.4, -0.2) is 35.5 Å². The SMILES string of the molecule is CCN(CCNC(=O)CCc1nc2ccccc2[nH]1)c1cccc(C)c1. The van der Waals surface area contributed by atoms with E-state index in [2.05, 4.69) is 58.3 Å². The monoisotopic (exact) mass is 350 g/mol. The minimum atomic E-state index is 0.0609. The molecule has 0 atom stereocenters. The summed E-state index contributed by atoms with van der Waals surface area (Å²) in [7, 11) is 0. The molecule has 3 rings (SSSR count). The lowest BCUT2D eigenvalue weighted by Gasteiger charge is -2.23. The summed E-state index contributed by atoms with van der Waals surface area (Å²) in [6.45, 7) is 6.58. The van der Waals surface area contributed by atoms with Crippen LogP contribution >= 0.6 is 0 Å². The van der Waals surface area contributed by atoms with Crippen molar-refractivity contribution in [1.82, 2.24) is 15.3 Å². The molecule has 26 heavy (non-hydrogen) atoms. The van der Waals surface area contributed by atoms with E-state index < -0.39 is 0 Å². The lowest BCUT2D eigenvalue weighted by Crippen LogP contribution is -2.35. The number of amides is 1. The Balaban J connectivity index is 1.44. The second-order valence-electron chi connectivity index (χ2n) is 6.47. The normalized spacial score (nSPS) is 10.8. The quantitative estimate of drug-likeness (QED) is 0.654. The molecule has 1 aromatic heterocycles. The van der Waals surface area contributed by atoms with Gasteiger partial charge in [-0.05, 0) is 43.7 Å². The topological polar surface area (TPSA) is 61.0 Å². The van der Waals surface area contributed by atoms with Crippen LogP contribution in [0.4, 0.5) is 5.69 Å². The van der Waals surface area contributed by atoms with Gasteiger partial charge in [-0.1, -0.05) is 24.3 Å². The van der Waals surface area contributed by atoms with E-state index in [4.69, 9.17) is 0 Å². The van der Waals surface area contributed by atoms with Crippen LogP contribution in [0.25, 0.3) is 11.0 Å². The van der Waals surface area contributed by atoms with Crippen LogP contribution in [0.5, 0.6) is 0 Å². The number of carbonyl (C=O) groups excluding carboxylic acids is 1.